The topological polar surface area (TPSA) is 29.9 Å². The molecule has 21 heavy (non-hydrogen) atoms. The number of hydrogen-bond donors (Lipinski definition) is 1. The van der Waals surface area contributed by atoms with E-state index in [1.807, 2.05) is 17.9 Å². The summed E-state index contributed by atoms with van der Waals surface area (Å²) in [6, 6.07) is 0.688. The van der Waals surface area contributed by atoms with Gasteiger partial charge >= 0.3 is 0 Å². The first-order valence-corrected chi connectivity index (χ1v) is 8.91. The van der Waals surface area contributed by atoms with Crippen LogP contribution in [0.15, 0.2) is 12.4 Å². The minimum absolute atomic E-state index is 0.688. The van der Waals surface area contributed by atoms with E-state index < -0.39 is 0 Å². The van der Waals surface area contributed by atoms with Crippen LogP contribution in [0.3, 0.4) is 0 Å². The van der Waals surface area contributed by atoms with Gasteiger partial charge < -0.3 is 5.32 Å². The average molecular weight is 289 g/mol. The maximum absolute atomic E-state index is 4.28. The second-order valence-corrected chi connectivity index (χ2v) is 7.33. The molecule has 1 aromatic rings. The minimum atomic E-state index is 0.688. The van der Waals surface area contributed by atoms with Gasteiger partial charge in [-0.15, -0.1) is 0 Å². The Morgan fingerprint density at radius 3 is 2.76 bits per heavy atom. The Morgan fingerprint density at radius 2 is 2.05 bits per heavy atom. The van der Waals surface area contributed by atoms with Gasteiger partial charge in [-0.05, 0) is 62.5 Å². The fourth-order valence-electron chi connectivity index (χ4n) is 4.81. The fourth-order valence-corrected chi connectivity index (χ4v) is 4.81. The van der Waals surface area contributed by atoms with Crippen LogP contribution in [0.2, 0.25) is 0 Å². The number of fused-ring (bicyclic) bond motifs is 1. The zero-order valence-corrected chi connectivity index (χ0v) is 13.7. The van der Waals surface area contributed by atoms with Gasteiger partial charge in [0.1, 0.15) is 0 Å². The molecule has 4 unspecified atom stereocenters. The Hall–Kier alpha value is -0.830. The molecule has 1 heterocycles. The van der Waals surface area contributed by atoms with Gasteiger partial charge in [0.25, 0.3) is 0 Å². The summed E-state index contributed by atoms with van der Waals surface area (Å²) in [4.78, 5) is 0. The molecule has 4 atom stereocenters. The van der Waals surface area contributed by atoms with E-state index in [0.29, 0.717) is 6.04 Å². The molecule has 118 valence electrons. The Bertz CT molecular complexity index is 439. The number of aryl methyl sites for hydroxylation is 2. The number of hydrogen-bond acceptors (Lipinski definition) is 2. The Balaban J connectivity index is 1.53. The van der Waals surface area contributed by atoms with E-state index in [9.17, 15) is 0 Å². The van der Waals surface area contributed by atoms with Crippen LogP contribution < -0.4 is 5.32 Å². The first-order valence-electron chi connectivity index (χ1n) is 8.91. The van der Waals surface area contributed by atoms with Crippen LogP contribution in [0.4, 0.5) is 0 Å². The SMILES string of the molecule is CNC(CCc1cnn(C)c1)C1CCC2CCCCC2C1. The lowest BCUT2D eigenvalue weighted by Gasteiger charge is -2.42. The highest BCUT2D eigenvalue weighted by molar-refractivity contribution is 5.04. The van der Waals surface area contributed by atoms with Crippen molar-refractivity contribution in [2.45, 2.75) is 63.8 Å². The van der Waals surface area contributed by atoms with Crippen molar-refractivity contribution < 1.29 is 0 Å². The van der Waals surface area contributed by atoms with Crippen LogP contribution in [0.25, 0.3) is 0 Å². The van der Waals surface area contributed by atoms with Gasteiger partial charge in [-0.2, -0.15) is 5.10 Å². The first-order chi connectivity index (χ1) is 10.3. The van der Waals surface area contributed by atoms with Crippen LogP contribution in [-0.4, -0.2) is 22.9 Å². The molecule has 2 aliphatic carbocycles. The van der Waals surface area contributed by atoms with E-state index in [4.69, 9.17) is 0 Å². The number of nitrogens with zero attached hydrogens (tertiary/aromatic N) is 2. The van der Waals surface area contributed by atoms with Crippen LogP contribution in [-0.2, 0) is 13.5 Å². The normalized spacial score (nSPS) is 30.9. The summed E-state index contributed by atoms with van der Waals surface area (Å²) in [6.07, 6.45) is 17.0. The molecule has 0 aromatic carbocycles. The summed E-state index contributed by atoms with van der Waals surface area (Å²) >= 11 is 0. The van der Waals surface area contributed by atoms with Gasteiger partial charge in [0.2, 0.25) is 0 Å². The van der Waals surface area contributed by atoms with Gasteiger partial charge in [0.05, 0.1) is 6.20 Å². The van der Waals surface area contributed by atoms with E-state index in [1.54, 1.807) is 0 Å². The number of nitrogens with one attached hydrogen (secondary N) is 1. The van der Waals surface area contributed by atoms with Crippen LogP contribution in [0, 0.1) is 17.8 Å². The van der Waals surface area contributed by atoms with Crippen molar-refractivity contribution in [2.75, 3.05) is 7.05 Å². The third-order valence-corrected chi connectivity index (χ3v) is 6.02. The first kappa shape index (κ1) is 15.1. The summed E-state index contributed by atoms with van der Waals surface area (Å²) in [6.45, 7) is 0. The van der Waals surface area contributed by atoms with Crippen molar-refractivity contribution in [3.63, 3.8) is 0 Å². The smallest absolute Gasteiger partial charge is 0.0521 e. The largest absolute Gasteiger partial charge is 0.317 e. The number of aromatic nitrogens is 2. The van der Waals surface area contributed by atoms with Gasteiger partial charge in [-0.3, -0.25) is 4.68 Å². The summed E-state index contributed by atoms with van der Waals surface area (Å²) < 4.78 is 1.91. The van der Waals surface area contributed by atoms with Crippen LogP contribution >= 0.6 is 0 Å². The van der Waals surface area contributed by atoms with E-state index in [0.717, 1.165) is 24.2 Å². The second-order valence-electron chi connectivity index (χ2n) is 7.33. The van der Waals surface area contributed by atoms with Gasteiger partial charge in [-0.1, -0.05) is 25.7 Å². The molecule has 2 saturated carbocycles. The van der Waals surface area contributed by atoms with Gasteiger partial charge in [0, 0.05) is 19.3 Å². The maximum Gasteiger partial charge on any atom is 0.0521 e. The van der Waals surface area contributed by atoms with Crippen molar-refractivity contribution in [1.29, 1.82) is 0 Å². The van der Waals surface area contributed by atoms with Crippen LogP contribution in [0.5, 0.6) is 0 Å². The molecule has 3 rings (SSSR count). The maximum atomic E-state index is 4.28. The molecule has 0 amide bonds. The standard InChI is InChI=1S/C18H31N3/c1-19-18(10-7-14-12-20-21(2)13-14)17-9-8-15-5-3-4-6-16(15)11-17/h12-13,15-19H,3-11H2,1-2H3. The van der Waals surface area contributed by atoms with Crippen molar-refractivity contribution in [3.8, 4) is 0 Å². The Labute approximate surface area is 129 Å². The van der Waals surface area contributed by atoms with Crippen LogP contribution in [0.1, 0.15) is 56.9 Å². The monoisotopic (exact) mass is 289 g/mol. The molecule has 0 saturated heterocycles. The minimum Gasteiger partial charge on any atom is -0.317 e. The van der Waals surface area contributed by atoms with Crippen molar-refractivity contribution in [3.05, 3.63) is 18.0 Å². The third kappa shape index (κ3) is 3.68. The molecule has 2 fully saturated rings. The average Bonchev–Trinajstić information content (AvgIpc) is 2.93. The molecule has 3 heteroatoms. The molecular weight excluding hydrogens is 258 g/mol. The molecule has 2 aliphatic rings. The fraction of sp³-hybridized carbons (Fsp3) is 0.833. The molecule has 1 aromatic heterocycles. The predicted octanol–water partition coefficient (Wildman–Crippen LogP) is 3.55. The lowest BCUT2D eigenvalue weighted by atomic mass is 9.65. The Morgan fingerprint density at radius 1 is 1.24 bits per heavy atom. The molecule has 3 nitrogen and oxygen atoms in total. The van der Waals surface area contributed by atoms with E-state index in [-0.39, 0.29) is 0 Å². The van der Waals surface area contributed by atoms with E-state index in [1.165, 1.54) is 56.9 Å². The summed E-state index contributed by atoms with van der Waals surface area (Å²) in [5, 5.41) is 7.90. The number of rotatable bonds is 5. The quantitative estimate of drug-likeness (QED) is 0.898. The highest BCUT2D eigenvalue weighted by Gasteiger charge is 2.34. The lowest BCUT2D eigenvalue weighted by molar-refractivity contribution is 0.109. The van der Waals surface area contributed by atoms with Crippen molar-refractivity contribution >= 4 is 0 Å². The summed E-state index contributed by atoms with van der Waals surface area (Å²) in [5.74, 6) is 2.99. The zero-order chi connectivity index (χ0) is 14.7. The molecule has 0 spiro atoms. The molecular formula is C18H31N3. The lowest BCUT2D eigenvalue weighted by Crippen LogP contribution is -2.39. The highest BCUT2D eigenvalue weighted by Crippen LogP contribution is 2.43. The van der Waals surface area contributed by atoms with E-state index >= 15 is 0 Å². The van der Waals surface area contributed by atoms with Crippen molar-refractivity contribution in [1.82, 2.24) is 15.1 Å². The summed E-state index contributed by atoms with van der Waals surface area (Å²) in [7, 11) is 4.16. The molecule has 0 aliphatic heterocycles. The Kier molecular flexibility index (Phi) is 4.99. The predicted molar refractivity (Wildman–Crippen MR) is 87.2 cm³/mol. The van der Waals surface area contributed by atoms with E-state index in [2.05, 4.69) is 23.7 Å². The molecule has 0 radical (unpaired) electrons. The molecule has 1 N–H and O–H groups in total. The van der Waals surface area contributed by atoms with Crippen molar-refractivity contribution in [2.24, 2.45) is 24.8 Å². The van der Waals surface area contributed by atoms with Gasteiger partial charge in [-0.25, -0.2) is 0 Å². The summed E-state index contributed by atoms with van der Waals surface area (Å²) in [5.41, 5.74) is 1.38. The second kappa shape index (κ2) is 6.95. The molecule has 0 bridgehead atoms. The highest BCUT2D eigenvalue weighted by atomic mass is 15.2. The zero-order valence-electron chi connectivity index (χ0n) is 13.7. The van der Waals surface area contributed by atoms with Gasteiger partial charge in [0.15, 0.2) is 0 Å². The third-order valence-electron chi connectivity index (χ3n) is 6.02.